The van der Waals surface area contributed by atoms with Crippen LogP contribution < -0.4 is 10.6 Å². The number of nitrogens with one attached hydrogen (secondary N) is 2. The molecule has 142 valence electrons. The molecule has 0 aromatic heterocycles. The molecular weight excluding hydrogens is 353 g/mol. The van der Waals surface area contributed by atoms with Crippen molar-refractivity contribution < 1.29 is 32.3 Å². The minimum Gasteiger partial charge on any atom is -0.454 e. The average molecular weight is 372 g/mol. The summed E-state index contributed by atoms with van der Waals surface area (Å²) in [7, 11) is 0. The van der Waals surface area contributed by atoms with E-state index in [-0.39, 0.29) is 18.4 Å². The Kier molecular flexibility index (Phi) is 6.99. The summed E-state index contributed by atoms with van der Waals surface area (Å²) in [4.78, 5) is 35.0. The maximum atomic E-state index is 13.4. The first-order chi connectivity index (χ1) is 12.4. The molecule has 1 fully saturated rings. The van der Waals surface area contributed by atoms with Gasteiger partial charge in [0.05, 0.1) is 5.69 Å². The summed E-state index contributed by atoms with van der Waals surface area (Å²) in [6, 6.07) is 1.50. The molecule has 1 aliphatic rings. The van der Waals surface area contributed by atoms with Gasteiger partial charge in [-0.15, -0.1) is 0 Å². The van der Waals surface area contributed by atoms with Gasteiger partial charge in [0.15, 0.2) is 24.1 Å². The second-order valence-corrected chi connectivity index (χ2v) is 5.98. The lowest BCUT2D eigenvalue weighted by molar-refractivity contribution is -0.147. The molecule has 0 atom stereocenters. The Morgan fingerprint density at radius 2 is 1.73 bits per heavy atom. The van der Waals surface area contributed by atoms with Crippen LogP contribution in [-0.4, -0.2) is 30.9 Å². The van der Waals surface area contributed by atoms with Crippen molar-refractivity contribution in [2.75, 3.05) is 18.5 Å². The van der Waals surface area contributed by atoms with Crippen LogP contribution in [0.25, 0.3) is 0 Å². The molecule has 1 aromatic rings. The minimum atomic E-state index is -1.72. The largest absolute Gasteiger partial charge is 0.454 e. The van der Waals surface area contributed by atoms with Crippen molar-refractivity contribution in [3.8, 4) is 0 Å². The van der Waals surface area contributed by atoms with E-state index < -0.39 is 41.6 Å². The molecule has 2 amide bonds. The second-order valence-electron chi connectivity index (χ2n) is 5.98. The standard InChI is InChI=1S/C17H19F3N2O4/c18-11-6-7-12(16(20)15(11)19)22-13(23)9-26-14(24)8-21-17(25)10-4-2-1-3-5-10/h6-7,10H,1-5,8-9H2,(H,21,25)(H,22,23). The molecule has 0 bridgehead atoms. The quantitative estimate of drug-likeness (QED) is 0.593. The van der Waals surface area contributed by atoms with E-state index in [4.69, 9.17) is 0 Å². The van der Waals surface area contributed by atoms with Crippen molar-refractivity contribution in [2.45, 2.75) is 32.1 Å². The van der Waals surface area contributed by atoms with E-state index in [9.17, 15) is 27.6 Å². The van der Waals surface area contributed by atoms with Gasteiger partial charge in [-0.2, -0.15) is 0 Å². The number of carbonyl (C=O) groups excluding carboxylic acids is 3. The van der Waals surface area contributed by atoms with E-state index >= 15 is 0 Å². The Morgan fingerprint density at radius 1 is 1.04 bits per heavy atom. The van der Waals surface area contributed by atoms with Gasteiger partial charge in [0.1, 0.15) is 6.54 Å². The van der Waals surface area contributed by atoms with Crippen LogP contribution in [0, 0.1) is 23.4 Å². The van der Waals surface area contributed by atoms with E-state index in [0.717, 1.165) is 38.2 Å². The molecule has 1 aromatic carbocycles. The predicted molar refractivity (Wildman–Crippen MR) is 85.5 cm³/mol. The molecule has 0 radical (unpaired) electrons. The second kappa shape index (κ2) is 9.21. The van der Waals surface area contributed by atoms with Gasteiger partial charge >= 0.3 is 5.97 Å². The first-order valence-electron chi connectivity index (χ1n) is 8.25. The lowest BCUT2D eigenvalue weighted by Gasteiger charge is -2.20. The Morgan fingerprint density at radius 3 is 2.42 bits per heavy atom. The summed E-state index contributed by atoms with van der Waals surface area (Å²) < 4.78 is 43.9. The summed E-state index contributed by atoms with van der Waals surface area (Å²) in [6.07, 6.45) is 4.61. The number of hydrogen-bond donors (Lipinski definition) is 2. The van der Waals surface area contributed by atoms with Crippen LogP contribution in [-0.2, 0) is 19.1 Å². The molecule has 1 aliphatic carbocycles. The van der Waals surface area contributed by atoms with Crippen molar-refractivity contribution in [2.24, 2.45) is 5.92 Å². The highest BCUT2D eigenvalue weighted by molar-refractivity contribution is 5.93. The highest BCUT2D eigenvalue weighted by Gasteiger charge is 2.21. The van der Waals surface area contributed by atoms with Gasteiger partial charge in [0.2, 0.25) is 5.91 Å². The third-order valence-electron chi connectivity index (χ3n) is 4.06. The van der Waals surface area contributed by atoms with Gasteiger partial charge in [-0.05, 0) is 25.0 Å². The number of carbonyl (C=O) groups is 3. The van der Waals surface area contributed by atoms with Crippen LogP contribution in [0.3, 0.4) is 0 Å². The molecule has 1 saturated carbocycles. The fourth-order valence-corrected chi connectivity index (χ4v) is 2.67. The number of benzene rings is 1. The molecule has 0 heterocycles. The van der Waals surface area contributed by atoms with Gasteiger partial charge in [-0.3, -0.25) is 14.4 Å². The van der Waals surface area contributed by atoms with Gasteiger partial charge in [0, 0.05) is 5.92 Å². The van der Waals surface area contributed by atoms with Crippen LogP contribution >= 0.6 is 0 Å². The summed E-state index contributed by atoms with van der Waals surface area (Å²) >= 11 is 0. The third kappa shape index (κ3) is 5.47. The molecule has 2 N–H and O–H groups in total. The lowest BCUT2D eigenvalue weighted by atomic mass is 9.89. The van der Waals surface area contributed by atoms with Crippen LogP contribution in [0.2, 0.25) is 0 Å². The highest BCUT2D eigenvalue weighted by Crippen LogP contribution is 2.23. The van der Waals surface area contributed by atoms with E-state index in [2.05, 4.69) is 10.1 Å². The van der Waals surface area contributed by atoms with Crippen LogP contribution in [0.5, 0.6) is 0 Å². The van der Waals surface area contributed by atoms with Crippen molar-refractivity contribution in [1.82, 2.24) is 5.32 Å². The molecule has 2 rings (SSSR count). The molecule has 0 aliphatic heterocycles. The Hall–Kier alpha value is -2.58. The third-order valence-corrected chi connectivity index (χ3v) is 4.06. The van der Waals surface area contributed by atoms with Crippen molar-refractivity contribution >= 4 is 23.5 Å². The monoisotopic (exact) mass is 372 g/mol. The number of halogens is 3. The van der Waals surface area contributed by atoms with Crippen LogP contribution in [0.15, 0.2) is 12.1 Å². The predicted octanol–water partition coefficient (Wildman–Crippen LogP) is 2.28. The Bertz CT molecular complexity index is 691. The average Bonchev–Trinajstić information content (AvgIpc) is 2.65. The van der Waals surface area contributed by atoms with Crippen molar-refractivity contribution in [3.05, 3.63) is 29.6 Å². The molecule has 0 saturated heterocycles. The molecule has 6 nitrogen and oxygen atoms in total. The van der Waals surface area contributed by atoms with Gasteiger partial charge in [-0.25, -0.2) is 13.2 Å². The van der Waals surface area contributed by atoms with Gasteiger partial charge in [-0.1, -0.05) is 19.3 Å². The minimum absolute atomic E-state index is 0.115. The number of rotatable bonds is 6. The first-order valence-corrected chi connectivity index (χ1v) is 8.25. The first kappa shape index (κ1) is 19.7. The Balaban J connectivity index is 1.72. The zero-order valence-electron chi connectivity index (χ0n) is 13.9. The zero-order valence-corrected chi connectivity index (χ0v) is 13.9. The molecule has 0 spiro atoms. The van der Waals surface area contributed by atoms with Crippen molar-refractivity contribution in [3.63, 3.8) is 0 Å². The van der Waals surface area contributed by atoms with Gasteiger partial charge < -0.3 is 15.4 Å². The fourth-order valence-electron chi connectivity index (χ4n) is 2.67. The fraction of sp³-hybridized carbons (Fsp3) is 0.471. The van der Waals surface area contributed by atoms with Crippen molar-refractivity contribution in [1.29, 1.82) is 0 Å². The van der Waals surface area contributed by atoms with E-state index in [0.29, 0.717) is 6.07 Å². The molecule has 9 heteroatoms. The summed E-state index contributed by atoms with van der Waals surface area (Å²) in [6.45, 7) is -1.14. The van der Waals surface area contributed by atoms with Crippen LogP contribution in [0.4, 0.5) is 18.9 Å². The smallest absolute Gasteiger partial charge is 0.325 e. The van der Waals surface area contributed by atoms with Gasteiger partial charge in [0.25, 0.3) is 5.91 Å². The molecule has 0 unspecified atom stereocenters. The maximum absolute atomic E-state index is 13.4. The van der Waals surface area contributed by atoms with E-state index in [1.165, 1.54) is 0 Å². The highest BCUT2D eigenvalue weighted by atomic mass is 19.2. The number of anilines is 1. The number of esters is 1. The lowest BCUT2D eigenvalue weighted by Crippen LogP contribution is -2.36. The number of ether oxygens (including phenoxy) is 1. The topological polar surface area (TPSA) is 84.5 Å². The zero-order chi connectivity index (χ0) is 19.1. The SMILES string of the molecule is O=C(COC(=O)CNC(=O)C1CCCCC1)Nc1ccc(F)c(F)c1F. The van der Waals surface area contributed by atoms with E-state index in [1.54, 1.807) is 0 Å². The normalized spacial score (nSPS) is 14.6. The van der Waals surface area contributed by atoms with Crippen LogP contribution in [0.1, 0.15) is 32.1 Å². The summed E-state index contributed by atoms with van der Waals surface area (Å²) in [5.74, 6) is -6.77. The molecule has 26 heavy (non-hydrogen) atoms. The maximum Gasteiger partial charge on any atom is 0.325 e. The molecular formula is C17H19F3N2O4. The number of amides is 2. The van der Waals surface area contributed by atoms with E-state index in [1.807, 2.05) is 5.32 Å². The summed E-state index contributed by atoms with van der Waals surface area (Å²) in [5.41, 5.74) is -0.574. The summed E-state index contributed by atoms with van der Waals surface area (Å²) in [5, 5.41) is 4.42. The Labute approximate surface area is 148 Å². The number of hydrogen-bond acceptors (Lipinski definition) is 4.